The van der Waals surface area contributed by atoms with Crippen LogP contribution >= 0.6 is 0 Å². The van der Waals surface area contributed by atoms with Gasteiger partial charge in [0.15, 0.2) is 11.6 Å². The van der Waals surface area contributed by atoms with Crippen LogP contribution in [0.3, 0.4) is 0 Å². The Morgan fingerprint density at radius 1 is 1.04 bits per heavy atom. The highest BCUT2D eigenvalue weighted by Gasteiger charge is 2.43. The van der Waals surface area contributed by atoms with Gasteiger partial charge in [-0.2, -0.15) is 5.10 Å². The molecule has 1 atom stereocenters. The van der Waals surface area contributed by atoms with E-state index in [9.17, 15) is 18.4 Å². The van der Waals surface area contributed by atoms with Crippen LogP contribution in [0.15, 0.2) is 48.5 Å². The van der Waals surface area contributed by atoms with Gasteiger partial charge in [-0.25, -0.2) is 18.4 Å². The molecule has 142 valence electrons. The van der Waals surface area contributed by atoms with E-state index in [0.717, 1.165) is 22.7 Å². The Balaban J connectivity index is 1.73. The summed E-state index contributed by atoms with van der Waals surface area (Å²) in [7, 11) is 0. The van der Waals surface area contributed by atoms with Gasteiger partial charge in [0, 0.05) is 18.1 Å². The molecule has 2 heterocycles. The summed E-state index contributed by atoms with van der Waals surface area (Å²) in [6.45, 7) is 1.71. The summed E-state index contributed by atoms with van der Waals surface area (Å²) in [6.07, 6.45) is -0.122. The first kappa shape index (κ1) is 17.8. The number of nitrogen functional groups attached to an aromatic ring is 1. The third kappa shape index (κ3) is 2.74. The van der Waals surface area contributed by atoms with Crippen molar-refractivity contribution in [1.29, 1.82) is 0 Å². The van der Waals surface area contributed by atoms with Crippen molar-refractivity contribution in [3.8, 4) is 5.69 Å². The van der Waals surface area contributed by atoms with Gasteiger partial charge in [-0.3, -0.25) is 9.59 Å². The Bertz CT molecular complexity index is 1100. The lowest BCUT2D eigenvalue weighted by Crippen LogP contribution is -2.30. The number of nitrogens with two attached hydrogens (primary N) is 1. The Hall–Kier alpha value is -3.55. The van der Waals surface area contributed by atoms with Crippen LogP contribution in [0.2, 0.25) is 0 Å². The number of nitrogens with zero attached hydrogens (tertiary/aromatic N) is 3. The quantitative estimate of drug-likeness (QED) is 0.706. The molecule has 2 aromatic carbocycles. The minimum absolute atomic E-state index is 0.0110. The zero-order chi connectivity index (χ0) is 20.0. The molecule has 0 bridgehead atoms. The number of imide groups is 1. The minimum atomic E-state index is -1.13. The number of amides is 2. The molecule has 1 aliphatic heterocycles. The average molecular weight is 382 g/mol. The molecular formula is C20H16F2N4O2. The second-order valence-electron chi connectivity index (χ2n) is 6.55. The molecule has 28 heavy (non-hydrogen) atoms. The summed E-state index contributed by atoms with van der Waals surface area (Å²) in [4.78, 5) is 26.3. The summed E-state index contributed by atoms with van der Waals surface area (Å²) in [5, 5.41) is 4.41. The minimum Gasteiger partial charge on any atom is -0.383 e. The van der Waals surface area contributed by atoms with Crippen molar-refractivity contribution in [3.05, 3.63) is 71.4 Å². The maximum absolute atomic E-state index is 13.6. The zero-order valence-electron chi connectivity index (χ0n) is 14.9. The molecule has 0 unspecified atom stereocenters. The number of hydrogen-bond acceptors (Lipinski definition) is 4. The number of aryl methyl sites for hydroxylation is 1. The van der Waals surface area contributed by atoms with E-state index in [4.69, 9.17) is 5.73 Å². The van der Waals surface area contributed by atoms with E-state index in [1.807, 2.05) is 30.3 Å². The van der Waals surface area contributed by atoms with Crippen LogP contribution in [0.4, 0.5) is 20.3 Å². The molecule has 6 nitrogen and oxygen atoms in total. The highest BCUT2D eigenvalue weighted by atomic mass is 19.2. The van der Waals surface area contributed by atoms with E-state index in [2.05, 4.69) is 5.10 Å². The normalized spacial score (nSPS) is 16.8. The second-order valence-corrected chi connectivity index (χ2v) is 6.55. The van der Waals surface area contributed by atoms with E-state index in [-0.39, 0.29) is 17.9 Å². The number of carbonyl (C=O) groups excluding carboxylic acids is 2. The predicted molar refractivity (Wildman–Crippen MR) is 98.9 cm³/mol. The molecule has 8 heteroatoms. The van der Waals surface area contributed by atoms with Gasteiger partial charge in [0.2, 0.25) is 11.8 Å². The van der Waals surface area contributed by atoms with Crippen LogP contribution in [0.1, 0.15) is 23.6 Å². The average Bonchev–Trinajstić information content (AvgIpc) is 3.13. The number of anilines is 2. The summed E-state index contributed by atoms with van der Waals surface area (Å²) in [6, 6.07) is 12.1. The molecule has 1 aliphatic rings. The lowest BCUT2D eigenvalue weighted by molar-refractivity contribution is -0.121. The molecule has 1 saturated heterocycles. The van der Waals surface area contributed by atoms with E-state index in [1.54, 1.807) is 6.92 Å². The molecule has 0 aliphatic carbocycles. The Labute approximate surface area is 159 Å². The van der Waals surface area contributed by atoms with Gasteiger partial charge in [0.05, 0.1) is 23.0 Å². The van der Waals surface area contributed by atoms with Gasteiger partial charge in [0.25, 0.3) is 0 Å². The van der Waals surface area contributed by atoms with Crippen molar-refractivity contribution in [2.75, 3.05) is 10.6 Å². The number of carbonyl (C=O) groups is 2. The third-order valence-electron chi connectivity index (χ3n) is 4.80. The van der Waals surface area contributed by atoms with Gasteiger partial charge < -0.3 is 5.73 Å². The first-order valence-corrected chi connectivity index (χ1v) is 8.60. The van der Waals surface area contributed by atoms with E-state index in [0.29, 0.717) is 11.3 Å². The van der Waals surface area contributed by atoms with Crippen molar-refractivity contribution >= 4 is 23.3 Å². The van der Waals surface area contributed by atoms with Crippen LogP contribution in [-0.4, -0.2) is 21.6 Å². The lowest BCUT2D eigenvalue weighted by atomic mass is 9.97. The predicted octanol–water partition coefficient (Wildman–Crippen LogP) is 3.09. The van der Waals surface area contributed by atoms with Crippen molar-refractivity contribution < 1.29 is 18.4 Å². The smallest absolute Gasteiger partial charge is 0.242 e. The lowest BCUT2D eigenvalue weighted by Gasteiger charge is -2.15. The van der Waals surface area contributed by atoms with Gasteiger partial charge in [-0.1, -0.05) is 18.2 Å². The molecule has 2 amide bonds. The standard InChI is InChI=1S/C20H16F2N4O2/c1-11-18(19(23)26(24-11)12-5-3-2-4-6-12)14-10-17(27)25(20(14)28)13-7-8-15(21)16(22)9-13/h2-9,14H,10,23H2,1H3/t14-/m0/s1. The highest BCUT2D eigenvalue weighted by molar-refractivity contribution is 6.23. The molecule has 1 aromatic heterocycles. The molecule has 1 fully saturated rings. The van der Waals surface area contributed by atoms with Gasteiger partial charge in [0.1, 0.15) is 5.82 Å². The van der Waals surface area contributed by atoms with Crippen molar-refractivity contribution in [3.63, 3.8) is 0 Å². The molecule has 0 saturated carbocycles. The van der Waals surface area contributed by atoms with Crippen LogP contribution in [0.25, 0.3) is 5.69 Å². The largest absolute Gasteiger partial charge is 0.383 e. The van der Waals surface area contributed by atoms with E-state index < -0.39 is 29.4 Å². The molecule has 0 radical (unpaired) electrons. The Morgan fingerprint density at radius 2 is 1.75 bits per heavy atom. The van der Waals surface area contributed by atoms with Crippen LogP contribution < -0.4 is 10.6 Å². The van der Waals surface area contributed by atoms with Crippen LogP contribution in [0.5, 0.6) is 0 Å². The fourth-order valence-electron chi connectivity index (χ4n) is 3.51. The number of rotatable bonds is 3. The monoisotopic (exact) mass is 382 g/mol. The molecule has 3 aromatic rings. The molecular weight excluding hydrogens is 366 g/mol. The van der Waals surface area contributed by atoms with E-state index in [1.165, 1.54) is 10.7 Å². The van der Waals surface area contributed by atoms with Crippen LogP contribution in [0, 0.1) is 18.6 Å². The van der Waals surface area contributed by atoms with Crippen molar-refractivity contribution in [2.24, 2.45) is 0 Å². The van der Waals surface area contributed by atoms with E-state index >= 15 is 0 Å². The Kier molecular flexibility index (Phi) is 4.18. The maximum Gasteiger partial charge on any atom is 0.242 e. The first-order valence-electron chi connectivity index (χ1n) is 8.60. The molecule has 2 N–H and O–H groups in total. The SMILES string of the molecule is Cc1nn(-c2ccccc2)c(N)c1[C@@H]1CC(=O)N(c2ccc(F)c(F)c2)C1=O. The van der Waals surface area contributed by atoms with Crippen LogP contribution in [-0.2, 0) is 9.59 Å². The fourth-order valence-corrected chi connectivity index (χ4v) is 3.51. The highest BCUT2D eigenvalue weighted by Crippen LogP contribution is 2.38. The summed E-state index contributed by atoms with van der Waals surface area (Å²) in [5.41, 5.74) is 7.97. The van der Waals surface area contributed by atoms with Gasteiger partial charge in [-0.15, -0.1) is 0 Å². The first-order chi connectivity index (χ1) is 13.4. The third-order valence-corrected chi connectivity index (χ3v) is 4.80. The number of para-hydroxylation sites is 1. The molecule has 4 rings (SSSR count). The molecule has 0 spiro atoms. The number of benzene rings is 2. The fraction of sp³-hybridized carbons (Fsp3) is 0.150. The second kappa shape index (κ2) is 6.56. The summed E-state index contributed by atoms with van der Waals surface area (Å²) < 4.78 is 28.3. The number of halogens is 2. The summed E-state index contributed by atoms with van der Waals surface area (Å²) >= 11 is 0. The van der Waals surface area contributed by atoms with Crippen molar-refractivity contribution in [2.45, 2.75) is 19.3 Å². The van der Waals surface area contributed by atoms with Crippen molar-refractivity contribution in [1.82, 2.24) is 9.78 Å². The number of hydrogen-bond donors (Lipinski definition) is 1. The van der Waals surface area contributed by atoms with Gasteiger partial charge >= 0.3 is 0 Å². The topological polar surface area (TPSA) is 81.2 Å². The summed E-state index contributed by atoms with van der Waals surface area (Å²) in [5.74, 6) is -3.80. The number of aromatic nitrogens is 2. The zero-order valence-corrected chi connectivity index (χ0v) is 14.9. The van der Waals surface area contributed by atoms with Gasteiger partial charge in [-0.05, 0) is 31.2 Å². The maximum atomic E-state index is 13.6. The Morgan fingerprint density at radius 3 is 2.43 bits per heavy atom.